The van der Waals surface area contributed by atoms with Gasteiger partial charge in [0.2, 0.25) is 11.8 Å². The Morgan fingerprint density at radius 3 is 2.03 bits per heavy atom. The zero-order valence-corrected chi connectivity index (χ0v) is 45.7. The third-order valence-electron chi connectivity index (χ3n) is 12.4. The number of amides is 2. The topological polar surface area (TPSA) is 192 Å². The van der Waals surface area contributed by atoms with E-state index in [0.29, 0.717) is 36.9 Å². The highest BCUT2D eigenvalue weighted by molar-refractivity contribution is 7.44. The lowest BCUT2D eigenvalue weighted by Gasteiger charge is -2.44. The van der Waals surface area contributed by atoms with Gasteiger partial charge in [0.05, 0.1) is 37.4 Å². The van der Waals surface area contributed by atoms with Crippen molar-refractivity contribution in [2.75, 3.05) is 40.4 Å². The maximum absolute atomic E-state index is 14.2. The van der Waals surface area contributed by atoms with Crippen LogP contribution in [-0.2, 0) is 37.0 Å². The number of hydrogen-bond donors (Lipinski definition) is 0. The number of Topliss-reactive ketones (excluding diaryl/α,β-unsaturated/α-hetero) is 1. The SMILES string of the molecule is CC(=O)CCCCCC(=O)N(C)CCN(C)C(=O)CCC(C)(C)O[Si](OC[C@H]1O[C@@H](n2cc(C)c(=O)n(C(=O)c3ccccc3)c2=O)C[C@@H]1OP(OCCC#N)N(C(C)C)C(C)C)(C(C)C)C(C)C. The molecular formula is C50H81N6O11PSi. The Labute approximate surface area is 413 Å². The van der Waals surface area contributed by atoms with Gasteiger partial charge in [0, 0.05) is 82.3 Å². The van der Waals surface area contributed by atoms with Crippen LogP contribution in [-0.4, -0.2) is 126 Å². The first-order valence-corrected chi connectivity index (χ1v) is 27.6. The van der Waals surface area contributed by atoms with Crippen molar-refractivity contribution in [3.63, 3.8) is 0 Å². The van der Waals surface area contributed by atoms with Crippen LogP contribution in [0.25, 0.3) is 0 Å². The molecule has 386 valence electrons. The van der Waals surface area contributed by atoms with Crippen molar-refractivity contribution >= 4 is 40.6 Å². The number of aryl methyl sites for hydroxylation is 1. The molecule has 4 atom stereocenters. The third kappa shape index (κ3) is 17.1. The van der Waals surface area contributed by atoms with Gasteiger partial charge >= 0.3 is 14.3 Å². The Kier molecular flexibility index (Phi) is 23.8. The number of carbonyl (C=O) groups excluding carboxylic acids is 4. The molecule has 2 amide bonds. The van der Waals surface area contributed by atoms with Crippen LogP contribution in [0.15, 0.2) is 46.1 Å². The zero-order chi connectivity index (χ0) is 51.8. The number of unbranched alkanes of at least 4 members (excludes halogenated alkanes) is 2. The predicted octanol–water partition coefficient (Wildman–Crippen LogP) is 8.27. The summed E-state index contributed by atoms with van der Waals surface area (Å²) in [6, 6.07) is 10.3. The number of likely N-dealkylation sites (N-methyl/N-ethyl adjacent to an activating group) is 2. The van der Waals surface area contributed by atoms with E-state index in [2.05, 4.69) is 38.4 Å². The van der Waals surface area contributed by atoms with Crippen LogP contribution in [0, 0.1) is 18.3 Å². The fourth-order valence-corrected chi connectivity index (χ4v) is 14.1. The normalized spacial score (nSPS) is 17.0. The minimum Gasteiger partial charge on any atom is -0.391 e. The van der Waals surface area contributed by atoms with E-state index in [4.69, 9.17) is 22.6 Å². The van der Waals surface area contributed by atoms with Gasteiger partial charge in [-0.2, -0.15) is 9.83 Å². The summed E-state index contributed by atoms with van der Waals surface area (Å²) >= 11 is 0. The number of ketones is 1. The number of carbonyl (C=O) groups is 4. The summed E-state index contributed by atoms with van der Waals surface area (Å²) in [5.41, 5.74) is -2.13. The summed E-state index contributed by atoms with van der Waals surface area (Å²) in [6.45, 7) is 24.4. The lowest BCUT2D eigenvalue weighted by Crippen LogP contribution is -2.55. The van der Waals surface area contributed by atoms with Crippen molar-refractivity contribution in [1.29, 1.82) is 5.26 Å². The average Bonchev–Trinajstić information content (AvgIpc) is 3.68. The number of nitriles is 1. The largest absolute Gasteiger partial charge is 0.391 e. The standard InChI is InChI=1S/C50H81N6O11PSi/c1-35(2)56(36(3)4)68(63-31-21-28-51)66-42-32-46(54-33-39(9)47(60)55(49(54)62)48(61)41-23-18-16-19-24-41)65-43(42)34-64-69(37(5)6,38(7)8)67-50(11,12)27-26-45(59)53(14)30-29-52(13)44(58)25-20-15-17-22-40(10)57/h16,18-19,23-24,33,35-38,42-43,46H,15,17,20-22,25-27,29-32,34H2,1-14H3/t42-,43+,46+,68?/m0/s1. The fraction of sp³-hybridized carbons (Fsp3) is 0.700. The summed E-state index contributed by atoms with van der Waals surface area (Å²) in [5, 5.41) is 9.39. The molecule has 1 unspecified atom stereocenters. The second kappa shape index (κ2) is 27.6. The molecule has 1 saturated heterocycles. The molecule has 0 radical (unpaired) electrons. The Morgan fingerprint density at radius 1 is 0.899 bits per heavy atom. The van der Waals surface area contributed by atoms with Crippen LogP contribution in [0.4, 0.5) is 0 Å². The van der Waals surface area contributed by atoms with Crippen molar-refractivity contribution in [1.82, 2.24) is 23.6 Å². The second-order valence-corrected chi connectivity index (χ2v) is 25.6. The van der Waals surface area contributed by atoms with Gasteiger partial charge in [0.1, 0.15) is 18.1 Å². The Morgan fingerprint density at radius 2 is 1.48 bits per heavy atom. The van der Waals surface area contributed by atoms with Gasteiger partial charge in [0.15, 0.2) is 0 Å². The first kappa shape index (κ1) is 59.4. The van der Waals surface area contributed by atoms with Crippen LogP contribution < -0.4 is 11.2 Å². The molecule has 1 aliphatic rings. The van der Waals surface area contributed by atoms with Gasteiger partial charge in [-0.15, -0.1) is 0 Å². The van der Waals surface area contributed by atoms with Gasteiger partial charge in [-0.1, -0.05) is 52.3 Å². The highest BCUT2D eigenvalue weighted by Crippen LogP contribution is 2.50. The monoisotopic (exact) mass is 1000 g/mol. The lowest BCUT2D eigenvalue weighted by atomic mass is 10.0. The Bertz CT molecular complexity index is 2140. The Hall–Kier alpha value is -3.92. The number of nitrogens with zero attached hydrogens (tertiary/aromatic N) is 6. The third-order valence-corrected chi connectivity index (χ3v) is 19.3. The number of benzene rings is 1. The minimum atomic E-state index is -3.21. The first-order valence-electron chi connectivity index (χ1n) is 24.5. The van der Waals surface area contributed by atoms with E-state index in [1.165, 1.54) is 10.8 Å². The second-order valence-electron chi connectivity index (χ2n) is 20.0. The molecule has 1 aliphatic heterocycles. The van der Waals surface area contributed by atoms with E-state index in [0.717, 1.165) is 19.3 Å². The van der Waals surface area contributed by atoms with Gasteiger partial charge in [0.25, 0.3) is 20.0 Å². The van der Waals surface area contributed by atoms with Gasteiger partial charge in [-0.05, 0) is 97.9 Å². The average molecular weight is 1000 g/mol. The van der Waals surface area contributed by atoms with Crippen LogP contribution >= 0.6 is 8.53 Å². The van der Waals surface area contributed by atoms with Gasteiger partial charge < -0.3 is 37.2 Å². The van der Waals surface area contributed by atoms with E-state index in [9.17, 15) is 34.0 Å². The van der Waals surface area contributed by atoms with E-state index in [1.807, 2.05) is 41.5 Å². The highest BCUT2D eigenvalue weighted by atomic mass is 31.2. The van der Waals surface area contributed by atoms with Crippen LogP contribution in [0.5, 0.6) is 0 Å². The molecule has 2 aromatic rings. The summed E-state index contributed by atoms with van der Waals surface area (Å²) in [6.07, 6.45) is 3.12. The maximum Gasteiger partial charge on any atom is 0.343 e. The molecule has 0 spiro atoms. The van der Waals surface area contributed by atoms with Crippen molar-refractivity contribution in [2.24, 2.45) is 0 Å². The molecular weight excluding hydrogens is 920 g/mol. The summed E-state index contributed by atoms with van der Waals surface area (Å²) in [5.74, 6) is -0.662. The highest BCUT2D eigenvalue weighted by Gasteiger charge is 2.51. The van der Waals surface area contributed by atoms with Gasteiger partial charge in [-0.3, -0.25) is 23.7 Å². The van der Waals surface area contributed by atoms with Crippen molar-refractivity contribution < 1.29 is 41.8 Å². The van der Waals surface area contributed by atoms with Crippen LogP contribution in [0.2, 0.25) is 11.1 Å². The van der Waals surface area contributed by atoms with E-state index in [1.54, 1.807) is 68.1 Å². The van der Waals surface area contributed by atoms with E-state index in [-0.39, 0.29) is 84.4 Å². The van der Waals surface area contributed by atoms with Gasteiger partial charge in [-0.25, -0.2) is 9.46 Å². The molecule has 1 fully saturated rings. The van der Waals surface area contributed by atoms with E-state index < -0.39 is 58.3 Å². The number of hydrogen-bond acceptors (Lipinski definition) is 13. The minimum absolute atomic E-state index is 0.00387. The molecule has 3 rings (SSSR count). The quantitative estimate of drug-likeness (QED) is 0.0430. The van der Waals surface area contributed by atoms with Crippen LogP contribution in [0.1, 0.15) is 156 Å². The summed E-state index contributed by atoms with van der Waals surface area (Å²) in [4.78, 5) is 82.0. The zero-order valence-electron chi connectivity index (χ0n) is 43.8. The maximum atomic E-state index is 14.2. The molecule has 1 aromatic carbocycles. The molecule has 19 heteroatoms. The number of rotatable bonds is 29. The molecule has 0 bridgehead atoms. The summed E-state index contributed by atoms with van der Waals surface area (Å²) in [7, 11) is -1.49. The van der Waals surface area contributed by atoms with Crippen LogP contribution in [0.3, 0.4) is 0 Å². The molecule has 0 saturated carbocycles. The summed E-state index contributed by atoms with van der Waals surface area (Å²) < 4.78 is 38.2. The molecule has 0 aliphatic carbocycles. The smallest absolute Gasteiger partial charge is 0.343 e. The number of aromatic nitrogens is 2. The Balaban J connectivity index is 1.90. The molecule has 2 heterocycles. The van der Waals surface area contributed by atoms with Crippen molar-refractivity contribution in [2.45, 2.75) is 188 Å². The van der Waals surface area contributed by atoms with Crippen molar-refractivity contribution in [3.05, 3.63) is 68.5 Å². The number of ether oxygens (including phenoxy) is 1. The molecule has 69 heavy (non-hydrogen) atoms. The lowest BCUT2D eigenvalue weighted by molar-refractivity contribution is -0.134. The van der Waals surface area contributed by atoms with Crippen molar-refractivity contribution in [3.8, 4) is 6.07 Å². The van der Waals surface area contributed by atoms with E-state index >= 15 is 0 Å². The molecule has 17 nitrogen and oxygen atoms in total. The fourth-order valence-electron chi connectivity index (χ4n) is 8.46. The first-order chi connectivity index (χ1) is 32.4. The molecule has 0 N–H and O–H groups in total. The predicted molar refractivity (Wildman–Crippen MR) is 270 cm³/mol. The molecule has 1 aromatic heterocycles.